The molecule has 1 fully saturated rings. The lowest BCUT2D eigenvalue weighted by Crippen LogP contribution is -2.45. The number of hydrogen-bond acceptors (Lipinski definition) is 6. The molecule has 37 heavy (non-hydrogen) atoms. The molecular weight excluding hydrogens is 470 g/mol. The number of aromatic nitrogens is 2. The van der Waals surface area contributed by atoms with Gasteiger partial charge in [-0.15, -0.1) is 0 Å². The zero-order chi connectivity index (χ0) is 25.8. The number of carbonyl (C=O) groups excluding carboxylic acids is 2. The fourth-order valence-electron chi connectivity index (χ4n) is 4.78. The summed E-state index contributed by atoms with van der Waals surface area (Å²) in [7, 11) is 0. The number of fused-ring (bicyclic) bond motifs is 1. The molecule has 5 rings (SSSR count). The molecule has 0 atom stereocenters. The van der Waals surface area contributed by atoms with Gasteiger partial charge in [-0.2, -0.15) is 5.10 Å². The summed E-state index contributed by atoms with van der Waals surface area (Å²) >= 11 is 0. The number of amides is 2. The van der Waals surface area contributed by atoms with E-state index in [1.165, 1.54) is 0 Å². The third kappa shape index (κ3) is 4.95. The number of benzene rings is 2. The van der Waals surface area contributed by atoms with E-state index < -0.39 is 5.54 Å². The number of morpholine rings is 1. The first kappa shape index (κ1) is 24.6. The molecule has 192 valence electrons. The van der Waals surface area contributed by atoms with Crippen molar-refractivity contribution in [2.24, 2.45) is 0 Å². The van der Waals surface area contributed by atoms with Gasteiger partial charge >= 0.3 is 0 Å². The maximum Gasteiger partial charge on any atom is 0.287 e. The summed E-state index contributed by atoms with van der Waals surface area (Å²) in [5.41, 5.74) is 2.93. The average Bonchev–Trinajstić information content (AvgIpc) is 3.55. The Morgan fingerprint density at radius 3 is 2.38 bits per heavy atom. The van der Waals surface area contributed by atoms with Crippen LogP contribution >= 0.6 is 0 Å². The van der Waals surface area contributed by atoms with Gasteiger partial charge in [0.25, 0.3) is 11.8 Å². The first-order valence-corrected chi connectivity index (χ1v) is 12.6. The number of carbonyl (C=O) groups is 2. The van der Waals surface area contributed by atoms with Crippen LogP contribution in [0.5, 0.6) is 0 Å². The topological polar surface area (TPSA) is 112 Å². The van der Waals surface area contributed by atoms with E-state index in [1.807, 2.05) is 56.3 Å². The first-order chi connectivity index (χ1) is 18.0. The minimum Gasteiger partial charge on any atom is -0.445 e. The molecule has 0 unspecified atom stereocenters. The Balaban J connectivity index is 1.30. The van der Waals surface area contributed by atoms with Gasteiger partial charge in [0.1, 0.15) is 5.52 Å². The maximum atomic E-state index is 13.2. The van der Waals surface area contributed by atoms with E-state index in [-0.39, 0.29) is 23.4 Å². The molecule has 9 nitrogen and oxygen atoms in total. The first-order valence-electron chi connectivity index (χ1n) is 12.6. The number of furan rings is 1. The lowest BCUT2D eigenvalue weighted by molar-refractivity contribution is 0.0862. The summed E-state index contributed by atoms with van der Waals surface area (Å²) in [6, 6.07) is 18.9. The minimum absolute atomic E-state index is 0.149. The van der Waals surface area contributed by atoms with Crippen molar-refractivity contribution in [3.8, 4) is 0 Å². The number of rotatable bonds is 8. The van der Waals surface area contributed by atoms with Crippen LogP contribution < -0.4 is 15.5 Å². The largest absolute Gasteiger partial charge is 0.445 e. The van der Waals surface area contributed by atoms with E-state index in [2.05, 4.69) is 25.7 Å². The molecular formula is C28H31N5O4. The van der Waals surface area contributed by atoms with Crippen LogP contribution in [0.3, 0.4) is 0 Å². The quantitative estimate of drug-likeness (QED) is 0.323. The molecule has 1 aliphatic heterocycles. The lowest BCUT2D eigenvalue weighted by atomic mass is 9.84. The Hall–Kier alpha value is -4.11. The predicted octanol–water partition coefficient (Wildman–Crippen LogP) is 4.69. The van der Waals surface area contributed by atoms with Gasteiger partial charge in [0.05, 0.1) is 18.8 Å². The summed E-state index contributed by atoms with van der Waals surface area (Å²) < 4.78 is 11.3. The second kappa shape index (κ2) is 10.5. The molecule has 3 N–H and O–H groups in total. The number of aromatic amines is 1. The van der Waals surface area contributed by atoms with Crippen LogP contribution in [0.2, 0.25) is 0 Å². The van der Waals surface area contributed by atoms with Crippen LogP contribution in [0.1, 0.15) is 53.2 Å². The number of nitrogens with one attached hydrogen (secondary N) is 3. The minimum atomic E-state index is -0.512. The van der Waals surface area contributed by atoms with Crippen molar-refractivity contribution < 1.29 is 18.7 Å². The number of nitrogens with zero attached hydrogens (tertiary/aromatic N) is 2. The fourth-order valence-corrected chi connectivity index (χ4v) is 4.78. The fraction of sp³-hybridized carbons (Fsp3) is 0.321. The van der Waals surface area contributed by atoms with Crippen LogP contribution in [0.15, 0.2) is 65.1 Å². The highest BCUT2D eigenvalue weighted by atomic mass is 16.5. The molecule has 2 aromatic heterocycles. The van der Waals surface area contributed by atoms with Crippen LogP contribution in [-0.4, -0.2) is 48.3 Å². The van der Waals surface area contributed by atoms with Gasteiger partial charge in [-0.3, -0.25) is 14.7 Å². The van der Waals surface area contributed by atoms with Gasteiger partial charge in [0.15, 0.2) is 17.2 Å². The van der Waals surface area contributed by atoms with Crippen LogP contribution in [0.4, 0.5) is 11.5 Å². The molecule has 1 saturated heterocycles. The van der Waals surface area contributed by atoms with E-state index in [1.54, 1.807) is 18.2 Å². The average molecular weight is 502 g/mol. The summed E-state index contributed by atoms with van der Waals surface area (Å²) in [5, 5.41) is 13.0. The van der Waals surface area contributed by atoms with Crippen molar-refractivity contribution >= 4 is 34.4 Å². The second-order valence-corrected chi connectivity index (χ2v) is 9.14. The highest BCUT2D eigenvalue weighted by Crippen LogP contribution is 2.30. The van der Waals surface area contributed by atoms with Gasteiger partial charge in [0.2, 0.25) is 0 Å². The van der Waals surface area contributed by atoms with E-state index in [0.29, 0.717) is 29.9 Å². The van der Waals surface area contributed by atoms with E-state index in [0.717, 1.165) is 37.2 Å². The van der Waals surface area contributed by atoms with Gasteiger partial charge < -0.3 is 24.7 Å². The molecule has 4 aromatic rings. The van der Waals surface area contributed by atoms with Crippen molar-refractivity contribution in [1.29, 1.82) is 0 Å². The number of H-pyrrole nitrogens is 1. The summed E-state index contributed by atoms with van der Waals surface area (Å²) in [6.07, 6.45) is 1.45. The molecule has 0 saturated carbocycles. The zero-order valence-corrected chi connectivity index (χ0v) is 21.0. The van der Waals surface area contributed by atoms with Crippen LogP contribution in [-0.2, 0) is 10.3 Å². The third-order valence-electron chi connectivity index (χ3n) is 7.08. The van der Waals surface area contributed by atoms with Crippen molar-refractivity contribution in [1.82, 2.24) is 15.5 Å². The summed E-state index contributed by atoms with van der Waals surface area (Å²) in [4.78, 5) is 28.3. The smallest absolute Gasteiger partial charge is 0.287 e. The Morgan fingerprint density at radius 2 is 1.70 bits per heavy atom. The van der Waals surface area contributed by atoms with Gasteiger partial charge in [-0.25, -0.2) is 0 Å². The van der Waals surface area contributed by atoms with Crippen molar-refractivity contribution in [3.05, 3.63) is 77.6 Å². The molecule has 9 heteroatoms. The monoisotopic (exact) mass is 501 g/mol. The van der Waals surface area contributed by atoms with E-state index >= 15 is 0 Å². The molecule has 2 aromatic carbocycles. The summed E-state index contributed by atoms with van der Waals surface area (Å²) in [5.74, 6) is -0.259. The Labute approximate surface area is 215 Å². The van der Waals surface area contributed by atoms with Gasteiger partial charge in [-0.05, 0) is 42.7 Å². The third-order valence-corrected chi connectivity index (χ3v) is 7.08. The normalized spacial score (nSPS) is 14.1. The molecule has 2 amide bonds. The molecule has 0 radical (unpaired) electrons. The molecule has 3 heterocycles. The Bertz CT molecular complexity index is 1370. The molecule has 0 aliphatic carbocycles. The lowest BCUT2D eigenvalue weighted by Gasteiger charge is -2.33. The van der Waals surface area contributed by atoms with E-state index in [9.17, 15) is 9.59 Å². The standard InChI is InChI=1S/C28H31N5O4/c1-3-28(4-2,20-8-6-5-7-9-20)30-27(35)23-18-22-24(37-23)25(32-31-22)29-26(34)19-10-12-21(13-11-19)33-14-16-36-17-15-33/h5-13,18H,3-4,14-17H2,1-2H3,(H,30,35)(H2,29,31,32,34). The number of hydrogen-bond donors (Lipinski definition) is 3. The van der Waals surface area contributed by atoms with Crippen molar-refractivity contribution in [3.63, 3.8) is 0 Å². The Kier molecular flexibility index (Phi) is 6.96. The van der Waals surface area contributed by atoms with Gasteiger partial charge in [0, 0.05) is 30.4 Å². The van der Waals surface area contributed by atoms with Crippen LogP contribution in [0.25, 0.3) is 11.1 Å². The molecule has 1 aliphatic rings. The SMILES string of the molecule is CCC(CC)(NC(=O)c1cc2[nH]nc(NC(=O)c3ccc(N4CCOCC4)cc3)c2o1)c1ccccc1. The second-order valence-electron chi connectivity index (χ2n) is 9.14. The van der Waals surface area contributed by atoms with Crippen molar-refractivity contribution in [2.45, 2.75) is 32.2 Å². The number of anilines is 2. The predicted molar refractivity (Wildman–Crippen MR) is 142 cm³/mol. The van der Waals surface area contributed by atoms with E-state index in [4.69, 9.17) is 9.15 Å². The highest BCUT2D eigenvalue weighted by molar-refractivity contribution is 6.07. The van der Waals surface area contributed by atoms with Gasteiger partial charge in [-0.1, -0.05) is 44.2 Å². The van der Waals surface area contributed by atoms with Crippen molar-refractivity contribution in [2.75, 3.05) is 36.5 Å². The highest BCUT2D eigenvalue weighted by Gasteiger charge is 2.32. The number of ether oxygens (including phenoxy) is 1. The van der Waals surface area contributed by atoms with Crippen LogP contribution in [0, 0.1) is 0 Å². The molecule has 0 bridgehead atoms. The zero-order valence-electron chi connectivity index (χ0n) is 21.0. The summed E-state index contributed by atoms with van der Waals surface area (Å²) in [6.45, 7) is 7.15. The Morgan fingerprint density at radius 1 is 1.00 bits per heavy atom. The maximum absolute atomic E-state index is 13.2. The molecule has 0 spiro atoms.